The summed E-state index contributed by atoms with van der Waals surface area (Å²) in [5.41, 5.74) is 0. The van der Waals surface area contributed by atoms with Crippen molar-refractivity contribution in [2.24, 2.45) is 0 Å². The Bertz CT molecular complexity index is 229. The van der Waals surface area contributed by atoms with Gasteiger partial charge in [-0.1, -0.05) is 0 Å². The summed E-state index contributed by atoms with van der Waals surface area (Å²) in [6.07, 6.45) is 4.77. The van der Waals surface area contributed by atoms with Crippen molar-refractivity contribution in [1.82, 2.24) is 5.32 Å². The number of nitrogens with one attached hydrogen (secondary N) is 1. The third-order valence-electron chi connectivity index (χ3n) is 3.78. The van der Waals surface area contributed by atoms with Crippen LogP contribution in [0.3, 0.4) is 0 Å². The average Bonchev–Trinajstić information content (AvgIpc) is 2.69. The third kappa shape index (κ3) is 3.65. The molecule has 1 aliphatic heterocycles. The number of aliphatic hydroxyl groups excluding tert-OH is 1. The lowest BCUT2D eigenvalue weighted by Gasteiger charge is -2.36. The molecule has 17 heavy (non-hydrogen) atoms. The van der Waals surface area contributed by atoms with Crippen LogP contribution in [0, 0.1) is 0 Å². The molecule has 0 aromatic carbocycles. The van der Waals surface area contributed by atoms with Gasteiger partial charge in [-0.3, -0.25) is 0 Å². The van der Waals surface area contributed by atoms with Crippen molar-refractivity contribution in [3.8, 4) is 0 Å². The third-order valence-corrected chi connectivity index (χ3v) is 3.78. The maximum absolute atomic E-state index is 9.34. The lowest BCUT2D eigenvalue weighted by Crippen LogP contribution is -2.45. The van der Waals surface area contributed by atoms with Crippen LogP contribution in [-0.4, -0.2) is 42.3 Å². The van der Waals surface area contributed by atoms with Crippen molar-refractivity contribution in [1.29, 1.82) is 0 Å². The summed E-state index contributed by atoms with van der Waals surface area (Å²) in [6, 6.07) is 0.918. The van der Waals surface area contributed by atoms with Gasteiger partial charge in [0.05, 0.1) is 19.3 Å². The van der Waals surface area contributed by atoms with E-state index in [2.05, 4.69) is 12.2 Å². The Morgan fingerprint density at radius 1 is 1.24 bits per heavy atom. The Kier molecular flexibility index (Phi) is 4.42. The van der Waals surface area contributed by atoms with Crippen molar-refractivity contribution < 1.29 is 14.6 Å². The molecule has 0 aromatic rings. The second-order valence-electron chi connectivity index (χ2n) is 5.53. The highest BCUT2D eigenvalue weighted by Gasteiger charge is 2.40. The first kappa shape index (κ1) is 13.3. The molecule has 0 bridgehead atoms. The summed E-state index contributed by atoms with van der Waals surface area (Å²) in [4.78, 5) is 0. The van der Waals surface area contributed by atoms with Crippen LogP contribution in [0.5, 0.6) is 0 Å². The van der Waals surface area contributed by atoms with E-state index < -0.39 is 0 Å². The Morgan fingerprint density at radius 3 is 2.35 bits per heavy atom. The summed E-state index contributed by atoms with van der Waals surface area (Å²) in [7, 11) is 0. The number of hydrogen-bond acceptors (Lipinski definition) is 4. The molecule has 2 aliphatic rings. The fourth-order valence-electron chi connectivity index (χ4n) is 2.99. The molecule has 1 aliphatic carbocycles. The van der Waals surface area contributed by atoms with E-state index in [9.17, 15) is 5.11 Å². The number of rotatable bonds is 4. The zero-order valence-electron chi connectivity index (χ0n) is 10.9. The van der Waals surface area contributed by atoms with Gasteiger partial charge in [-0.05, 0) is 33.1 Å². The predicted molar refractivity (Wildman–Crippen MR) is 65.8 cm³/mol. The van der Waals surface area contributed by atoms with Crippen LogP contribution in [0.1, 0.15) is 46.0 Å². The van der Waals surface area contributed by atoms with Gasteiger partial charge in [-0.25, -0.2) is 0 Å². The molecule has 2 fully saturated rings. The van der Waals surface area contributed by atoms with E-state index in [1.54, 1.807) is 0 Å². The first-order chi connectivity index (χ1) is 8.10. The molecule has 4 nitrogen and oxygen atoms in total. The van der Waals surface area contributed by atoms with Crippen LogP contribution in [0.15, 0.2) is 0 Å². The van der Waals surface area contributed by atoms with E-state index in [4.69, 9.17) is 9.47 Å². The molecule has 2 rings (SSSR count). The second kappa shape index (κ2) is 5.65. The first-order valence-corrected chi connectivity index (χ1v) is 6.82. The van der Waals surface area contributed by atoms with Crippen molar-refractivity contribution >= 4 is 0 Å². The molecule has 4 heteroatoms. The number of aliphatic hydroxyl groups is 1. The number of hydrogen-bond donors (Lipinski definition) is 2. The van der Waals surface area contributed by atoms with Gasteiger partial charge in [0.1, 0.15) is 0 Å². The highest BCUT2D eigenvalue weighted by atomic mass is 16.7. The predicted octanol–water partition coefficient (Wildman–Crippen LogP) is 1.42. The largest absolute Gasteiger partial charge is 0.393 e. The monoisotopic (exact) mass is 243 g/mol. The molecule has 1 saturated carbocycles. The molecular weight excluding hydrogens is 218 g/mol. The lowest BCUT2D eigenvalue weighted by atomic mass is 9.89. The zero-order valence-corrected chi connectivity index (χ0v) is 10.9. The molecule has 2 atom stereocenters. The molecule has 0 amide bonds. The van der Waals surface area contributed by atoms with Gasteiger partial charge >= 0.3 is 0 Å². The average molecular weight is 243 g/mol. The van der Waals surface area contributed by atoms with Crippen LogP contribution >= 0.6 is 0 Å². The van der Waals surface area contributed by atoms with Crippen LogP contribution < -0.4 is 5.32 Å². The minimum Gasteiger partial charge on any atom is -0.393 e. The zero-order chi connectivity index (χ0) is 12.3. The van der Waals surface area contributed by atoms with Crippen molar-refractivity contribution in [3.63, 3.8) is 0 Å². The molecule has 1 heterocycles. The molecule has 2 N–H and O–H groups in total. The van der Waals surface area contributed by atoms with Crippen LogP contribution in [0.2, 0.25) is 0 Å². The summed E-state index contributed by atoms with van der Waals surface area (Å²) in [5, 5.41) is 12.9. The molecular formula is C13H25NO3. The molecule has 0 radical (unpaired) electrons. The van der Waals surface area contributed by atoms with E-state index in [-0.39, 0.29) is 11.9 Å². The van der Waals surface area contributed by atoms with Gasteiger partial charge in [-0.15, -0.1) is 0 Å². The van der Waals surface area contributed by atoms with Crippen LogP contribution in [-0.2, 0) is 9.47 Å². The normalized spacial score (nSPS) is 28.4. The molecule has 0 aromatic heterocycles. The second-order valence-corrected chi connectivity index (χ2v) is 5.53. The fraction of sp³-hybridized carbons (Fsp3) is 1.00. The van der Waals surface area contributed by atoms with Crippen LogP contribution in [0.4, 0.5) is 0 Å². The Hall–Kier alpha value is -0.160. The Morgan fingerprint density at radius 2 is 1.82 bits per heavy atom. The van der Waals surface area contributed by atoms with Gasteiger partial charge in [0, 0.05) is 24.9 Å². The van der Waals surface area contributed by atoms with E-state index in [0.717, 1.165) is 45.3 Å². The molecule has 1 saturated heterocycles. The lowest BCUT2D eigenvalue weighted by molar-refractivity contribution is -0.179. The highest BCUT2D eigenvalue weighted by molar-refractivity contribution is 4.86. The molecule has 2 unspecified atom stereocenters. The first-order valence-electron chi connectivity index (χ1n) is 6.82. The van der Waals surface area contributed by atoms with E-state index in [1.165, 1.54) is 0 Å². The van der Waals surface area contributed by atoms with Gasteiger partial charge in [-0.2, -0.15) is 0 Å². The summed E-state index contributed by atoms with van der Waals surface area (Å²) in [5.74, 6) is -0.258. The van der Waals surface area contributed by atoms with Gasteiger partial charge < -0.3 is 19.9 Å². The van der Waals surface area contributed by atoms with Crippen molar-refractivity contribution in [3.05, 3.63) is 0 Å². The van der Waals surface area contributed by atoms with Crippen molar-refractivity contribution in [2.45, 2.75) is 69.9 Å². The fourth-order valence-corrected chi connectivity index (χ4v) is 2.99. The van der Waals surface area contributed by atoms with Gasteiger partial charge in [0.25, 0.3) is 0 Å². The summed E-state index contributed by atoms with van der Waals surface area (Å²) in [6.45, 7) is 5.47. The van der Waals surface area contributed by atoms with E-state index >= 15 is 0 Å². The van der Waals surface area contributed by atoms with E-state index in [0.29, 0.717) is 12.1 Å². The Balaban J connectivity index is 1.71. The topological polar surface area (TPSA) is 50.7 Å². The maximum Gasteiger partial charge on any atom is 0.168 e. The standard InChI is InChI=1S/C13H25NO3/c1-10(9-11(2)15)14-12-3-5-13(6-4-12)16-7-8-17-13/h10-12,14-15H,3-9H2,1-2H3. The van der Waals surface area contributed by atoms with E-state index in [1.807, 2.05) is 6.92 Å². The highest BCUT2D eigenvalue weighted by Crippen LogP contribution is 2.35. The summed E-state index contributed by atoms with van der Waals surface area (Å²) >= 11 is 0. The van der Waals surface area contributed by atoms with Crippen molar-refractivity contribution in [2.75, 3.05) is 13.2 Å². The van der Waals surface area contributed by atoms with Crippen LogP contribution in [0.25, 0.3) is 0 Å². The number of ether oxygens (including phenoxy) is 2. The quantitative estimate of drug-likeness (QED) is 0.784. The SMILES string of the molecule is CC(O)CC(C)NC1CCC2(CC1)OCCO2. The summed E-state index contributed by atoms with van der Waals surface area (Å²) < 4.78 is 11.4. The minimum atomic E-state index is -0.258. The smallest absolute Gasteiger partial charge is 0.168 e. The minimum absolute atomic E-state index is 0.228. The Labute approximate surface area is 104 Å². The van der Waals surface area contributed by atoms with Gasteiger partial charge in [0.15, 0.2) is 5.79 Å². The van der Waals surface area contributed by atoms with Gasteiger partial charge in [0.2, 0.25) is 0 Å². The maximum atomic E-state index is 9.34. The molecule has 100 valence electrons. The molecule has 1 spiro atoms.